The molecule has 0 aromatic carbocycles. The molecule has 3 heteroatoms. The fraction of sp³-hybridized carbons (Fsp3) is 0.667. The zero-order chi connectivity index (χ0) is 11.1. The summed E-state index contributed by atoms with van der Waals surface area (Å²) in [5.41, 5.74) is 1.33. The Hall–Kier alpha value is -0.800. The molecule has 1 atom stereocenters. The summed E-state index contributed by atoms with van der Waals surface area (Å²) in [7, 11) is 0. The maximum absolute atomic E-state index is 8.76. The lowest BCUT2D eigenvalue weighted by molar-refractivity contribution is 0.260. The van der Waals surface area contributed by atoms with Crippen molar-refractivity contribution in [3.05, 3.63) is 24.0 Å². The first-order valence-electron chi connectivity index (χ1n) is 5.72. The summed E-state index contributed by atoms with van der Waals surface area (Å²) in [6.07, 6.45) is 5.15. The number of rotatable bonds is 7. The van der Waals surface area contributed by atoms with E-state index in [-0.39, 0.29) is 6.61 Å². The summed E-state index contributed by atoms with van der Waals surface area (Å²) >= 11 is 0. The summed E-state index contributed by atoms with van der Waals surface area (Å²) in [5.74, 6) is 0.545. The number of aryl methyl sites for hydroxylation is 1. The van der Waals surface area contributed by atoms with Gasteiger partial charge in [-0.25, -0.2) is 0 Å². The van der Waals surface area contributed by atoms with Gasteiger partial charge in [0.05, 0.1) is 0 Å². The quantitative estimate of drug-likeness (QED) is 0.717. The Balaban J connectivity index is 2.19. The third kappa shape index (κ3) is 4.49. The molecule has 1 unspecified atom stereocenters. The van der Waals surface area contributed by atoms with Crippen LogP contribution in [0.15, 0.2) is 18.5 Å². The molecular weight excluding hydrogens is 188 g/mol. The van der Waals surface area contributed by atoms with Crippen LogP contribution in [0.1, 0.15) is 25.8 Å². The molecule has 1 heterocycles. The number of aliphatic hydroxyl groups is 1. The van der Waals surface area contributed by atoms with Crippen molar-refractivity contribution >= 4 is 0 Å². The first-order valence-corrected chi connectivity index (χ1v) is 5.72. The molecule has 2 N–H and O–H groups in total. The van der Waals surface area contributed by atoms with Crippen molar-refractivity contribution in [1.82, 2.24) is 9.88 Å². The highest BCUT2D eigenvalue weighted by molar-refractivity contribution is 5.09. The third-order valence-corrected chi connectivity index (χ3v) is 2.62. The number of hydrogen-bond donors (Lipinski definition) is 2. The zero-order valence-corrected chi connectivity index (χ0v) is 9.74. The summed E-state index contributed by atoms with van der Waals surface area (Å²) in [6.45, 7) is 7.50. The highest BCUT2D eigenvalue weighted by Gasteiger charge is 2.01. The van der Waals surface area contributed by atoms with Crippen LogP contribution in [0, 0.1) is 5.92 Å². The van der Waals surface area contributed by atoms with Crippen LogP contribution < -0.4 is 5.32 Å². The minimum Gasteiger partial charge on any atom is -0.396 e. The summed E-state index contributed by atoms with van der Waals surface area (Å²) in [4.78, 5) is 0. The molecule has 0 amide bonds. The topological polar surface area (TPSA) is 37.2 Å². The van der Waals surface area contributed by atoms with Gasteiger partial charge in [-0.05, 0) is 37.4 Å². The van der Waals surface area contributed by atoms with Gasteiger partial charge in [0, 0.05) is 32.1 Å². The Morgan fingerprint density at radius 3 is 2.93 bits per heavy atom. The van der Waals surface area contributed by atoms with Gasteiger partial charge in [0.25, 0.3) is 0 Å². The molecule has 1 aromatic heterocycles. The second-order valence-corrected chi connectivity index (χ2v) is 4.10. The molecule has 0 saturated heterocycles. The molecule has 0 aliphatic carbocycles. The van der Waals surface area contributed by atoms with E-state index in [1.807, 2.05) is 0 Å². The SMILES string of the molecule is CCn1ccc(CNCC(C)CCO)c1. The van der Waals surface area contributed by atoms with Gasteiger partial charge in [-0.15, -0.1) is 0 Å². The van der Waals surface area contributed by atoms with E-state index in [0.29, 0.717) is 5.92 Å². The summed E-state index contributed by atoms with van der Waals surface area (Å²) < 4.78 is 2.17. The third-order valence-electron chi connectivity index (χ3n) is 2.62. The van der Waals surface area contributed by atoms with Crippen molar-refractivity contribution < 1.29 is 5.11 Å². The summed E-state index contributed by atoms with van der Waals surface area (Å²) in [5, 5.41) is 12.2. The van der Waals surface area contributed by atoms with E-state index in [0.717, 1.165) is 26.1 Å². The Morgan fingerprint density at radius 2 is 2.33 bits per heavy atom. The van der Waals surface area contributed by atoms with Gasteiger partial charge in [-0.1, -0.05) is 6.92 Å². The minimum atomic E-state index is 0.287. The van der Waals surface area contributed by atoms with Crippen molar-refractivity contribution in [3.8, 4) is 0 Å². The molecule has 86 valence electrons. The smallest absolute Gasteiger partial charge is 0.0434 e. The van der Waals surface area contributed by atoms with E-state index in [1.54, 1.807) is 0 Å². The predicted octanol–water partition coefficient (Wildman–Crippen LogP) is 1.62. The number of aliphatic hydroxyl groups excluding tert-OH is 1. The monoisotopic (exact) mass is 210 g/mol. The van der Waals surface area contributed by atoms with Crippen LogP contribution in [-0.4, -0.2) is 22.8 Å². The summed E-state index contributed by atoms with van der Waals surface area (Å²) in [6, 6.07) is 2.15. The number of aromatic nitrogens is 1. The zero-order valence-electron chi connectivity index (χ0n) is 9.74. The number of nitrogens with one attached hydrogen (secondary N) is 1. The van der Waals surface area contributed by atoms with E-state index < -0.39 is 0 Å². The Morgan fingerprint density at radius 1 is 1.53 bits per heavy atom. The average molecular weight is 210 g/mol. The standard InChI is InChI=1S/C12H22N2O/c1-3-14-6-4-12(10-14)9-13-8-11(2)5-7-15/h4,6,10-11,13,15H,3,5,7-9H2,1-2H3. The fourth-order valence-corrected chi connectivity index (χ4v) is 1.58. The highest BCUT2D eigenvalue weighted by Crippen LogP contribution is 2.02. The Kier molecular flexibility index (Phi) is 5.43. The molecule has 0 aliphatic heterocycles. The maximum Gasteiger partial charge on any atom is 0.0434 e. The van der Waals surface area contributed by atoms with Crippen molar-refractivity contribution in [2.75, 3.05) is 13.2 Å². The lowest BCUT2D eigenvalue weighted by Gasteiger charge is -2.10. The molecule has 15 heavy (non-hydrogen) atoms. The van der Waals surface area contributed by atoms with Gasteiger partial charge in [-0.3, -0.25) is 0 Å². The van der Waals surface area contributed by atoms with Gasteiger partial charge in [0.2, 0.25) is 0 Å². The van der Waals surface area contributed by atoms with Crippen LogP contribution in [0.5, 0.6) is 0 Å². The second kappa shape index (κ2) is 6.64. The first kappa shape index (κ1) is 12.3. The van der Waals surface area contributed by atoms with Crippen molar-refractivity contribution in [1.29, 1.82) is 0 Å². The largest absolute Gasteiger partial charge is 0.396 e. The Bertz CT molecular complexity index is 270. The van der Waals surface area contributed by atoms with Gasteiger partial charge >= 0.3 is 0 Å². The molecule has 0 aliphatic rings. The molecule has 3 nitrogen and oxygen atoms in total. The van der Waals surface area contributed by atoms with Crippen molar-refractivity contribution in [2.24, 2.45) is 5.92 Å². The average Bonchev–Trinajstić information content (AvgIpc) is 2.66. The minimum absolute atomic E-state index is 0.287. The van der Waals surface area contributed by atoms with Gasteiger partial charge in [0.15, 0.2) is 0 Å². The lowest BCUT2D eigenvalue weighted by Crippen LogP contribution is -2.21. The molecule has 1 aromatic rings. The number of nitrogens with zero attached hydrogens (tertiary/aromatic N) is 1. The predicted molar refractivity (Wildman–Crippen MR) is 62.7 cm³/mol. The van der Waals surface area contributed by atoms with E-state index in [9.17, 15) is 0 Å². The van der Waals surface area contributed by atoms with Gasteiger partial charge in [-0.2, -0.15) is 0 Å². The van der Waals surface area contributed by atoms with Crippen LogP contribution in [0.2, 0.25) is 0 Å². The number of hydrogen-bond acceptors (Lipinski definition) is 2. The Labute approximate surface area is 92.1 Å². The van der Waals surface area contributed by atoms with Crippen LogP contribution in [-0.2, 0) is 13.1 Å². The normalized spacial score (nSPS) is 13.0. The molecule has 0 fully saturated rings. The van der Waals surface area contributed by atoms with Crippen LogP contribution in [0.4, 0.5) is 0 Å². The van der Waals surface area contributed by atoms with Crippen molar-refractivity contribution in [2.45, 2.75) is 33.4 Å². The molecular formula is C12H22N2O. The van der Waals surface area contributed by atoms with Crippen LogP contribution in [0.3, 0.4) is 0 Å². The van der Waals surface area contributed by atoms with Gasteiger partial charge < -0.3 is 15.0 Å². The molecule has 0 radical (unpaired) electrons. The van der Waals surface area contributed by atoms with Crippen molar-refractivity contribution in [3.63, 3.8) is 0 Å². The lowest BCUT2D eigenvalue weighted by atomic mass is 10.1. The molecule has 0 saturated carbocycles. The van der Waals surface area contributed by atoms with Gasteiger partial charge in [0.1, 0.15) is 0 Å². The second-order valence-electron chi connectivity index (χ2n) is 4.10. The van der Waals surface area contributed by atoms with E-state index in [1.165, 1.54) is 5.56 Å². The molecule has 0 spiro atoms. The van der Waals surface area contributed by atoms with E-state index in [4.69, 9.17) is 5.11 Å². The van der Waals surface area contributed by atoms with Crippen LogP contribution >= 0.6 is 0 Å². The molecule has 0 bridgehead atoms. The maximum atomic E-state index is 8.76. The van der Waals surface area contributed by atoms with E-state index >= 15 is 0 Å². The first-order chi connectivity index (χ1) is 7.26. The molecule has 1 rings (SSSR count). The van der Waals surface area contributed by atoms with E-state index in [2.05, 4.69) is 42.2 Å². The fourth-order valence-electron chi connectivity index (χ4n) is 1.58. The highest BCUT2D eigenvalue weighted by atomic mass is 16.3. The van der Waals surface area contributed by atoms with Crippen LogP contribution in [0.25, 0.3) is 0 Å².